The summed E-state index contributed by atoms with van der Waals surface area (Å²) < 4.78 is 19.5. The van der Waals surface area contributed by atoms with Crippen LogP contribution in [0.4, 0.5) is 4.39 Å². The Morgan fingerprint density at radius 2 is 1.88 bits per heavy atom. The van der Waals surface area contributed by atoms with Crippen LogP contribution in [0.25, 0.3) is 11.1 Å². The zero-order chi connectivity index (χ0) is 22.7. The van der Waals surface area contributed by atoms with Crippen LogP contribution in [0.3, 0.4) is 0 Å². The van der Waals surface area contributed by atoms with Gasteiger partial charge in [0.1, 0.15) is 17.7 Å². The molecule has 1 aliphatic rings. The van der Waals surface area contributed by atoms with E-state index in [1.165, 1.54) is 6.07 Å². The maximum absolute atomic E-state index is 13.4. The summed E-state index contributed by atoms with van der Waals surface area (Å²) in [6.45, 7) is 2.65. The molecule has 0 aliphatic carbocycles. The first-order valence-corrected chi connectivity index (χ1v) is 10.7. The molecular weight excluding hydrogens is 409 g/mol. The molecule has 0 bridgehead atoms. The third-order valence-corrected chi connectivity index (χ3v) is 5.83. The van der Waals surface area contributed by atoms with Gasteiger partial charge < -0.3 is 20.3 Å². The lowest BCUT2D eigenvalue weighted by Crippen LogP contribution is -2.36. The van der Waals surface area contributed by atoms with E-state index in [4.69, 9.17) is 9.84 Å². The van der Waals surface area contributed by atoms with E-state index >= 15 is 0 Å². The molecule has 0 saturated carbocycles. The molecule has 1 aliphatic heterocycles. The van der Waals surface area contributed by atoms with Gasteiger partial charge in [-0.15, -0.1) is 0 Å². The van der Waals surface area contributed by atoms with E-state index in [1.807, 2.05) is 24.3 Å². The van der Waals surface area contributed by atoms with Crippen LogP contribution in [0.15, 0.2) is 60.7 Å². The van der Waals surface area contributed by atoms with Crippen molar-refractivity contribution in [1.82, 2.24) is 5.32 Å². The number of halogens is 1. The van der Waals surface area contributed by atoms with Crippen molar-refractivity contribution < 1.29 is 24.1 Å². The number of nitrogens with one attached hydrogen (secondary N) is 1. The van der Waals surface area contributed by atoms with Gasteiger partial charge in [0, 0.05) is 13.1 Å². The highest BCUT2D eigenvalue weighted by Crippen LogP contribution is 2.32. The van der Waals surface area contributed by atoms with Crippen molar-refractivity contribution in [2.75, 3.05) is 13.1 Å². The van der Waals surface area contributed by atoms with E-state index in [9.17, 15) is 14.3 Å². The lowest BCUT2D eigenvalue weighted by Gasteiger charge is -2.27. The summed E-state index contributed by atoms with van der Waals surface area (Å²) in [6, 6.07) is 17.5. The number of carbonyl (C=O) groups is 1. The molecule has 4 rings (SSSR count). The summed E-state index contributed by atoms with van der Waals surface area (Å²) in [4.78, 5) is 11.0. The Kier molecular flexibility index (Phi) is 6.53. The van der Waals surface area contributed by atoms with Gasteiger partial charge in [-0.05, 0) is 77.9 Å². The third-order valence-electron chi connectivity index (χ3n) is 5.83. The van der Waals surface area contributed by atoms with Gasteiger partial charge in [0.15, 0.2) is 0 Å². The summed E-state index contributed by atoms with van der Waals surface area (Å²) in [5.41, 5.74) is 4.60. The quantitative estimate of drug-likeness (QED) is 0.509. The number of hydrogen-bond acceptors (Lipinski definition) is 4. The summed E-state index contributed by atoms with van der Waals surface area (Å²) in [6.07, 6.45) is 1.03. The van der Waals surface area contributed by atoms with Gasteiger partial charge in [-0.1, -0.05) is 30.3 Å². The molecule has 2 atom stereocenters. The number of aromatic carboxylic acids is 1. The minimum atomic E-state index is -0.935. The van der Waals surface area contributed by atoms with Gasteiger partial charge in [0.2, 0.25) is 0 Å². The Morgan fingerprint density at radius 3 is 2.59 bits per heavy atom. The molecule has 3 N–H and O–H groups in total. The second kappa shape index (κ2) is 9.51. The SMILES string of the molecule is Cc1cc([C@H](O)CNC[C@H]2CCc3cc(-c4ccc(C(=O)O)cc4)ccc3O2)ccc1F. The fraction of sp³-hybridized carbons (Fsp3) is 0.269. The summed E-state index contributed by atoms with van der Waals surface area (Å²) in [5.74, 6) is -0.359. The average molecular weight is 435 g/mol. The van der Waals surface area contributed by atoms with Crippen molar-refractivity contribution in [3.05, 3.63) is 88.7 Å². The molecular formula is C26H26FNO4. The molecule has 1 heterocycles. The predicted octanol–water partition coefficient (Wildman–Crippen LogP) is 4.52. The zero-order valence-electron chi connectivity index (χ0n) is 17.8. The minimum absolute atomic E-state index is 0.00496. The number of hydrogen-bond donors (Lipinski definition) is 3. The molecule has 0 spiro atoms. The van der Waals surface area contributed by atoms with E-state index in [1.54, 1.807) is 31.2 Å². The van der Waals surface area contributed by atoms with Crippen LogP contribution in [-0.2, 0) is 6.42 Å². The number of carboxylic acid groups (broad SMARTS) is 1. The van der Waals surface area contributed by atoms with Gasteiger partial charge in [-0.2, -0.15) is 0 Å². The van der Waals surface area contributed by atoms with Crippen molar-refractivity contribution in [3.63, 3.8) is 0 Å². The number of aliphatic hydroxyl groups is 1. The number of aryl methyl sites for hydroxylation is 2. The van der Waals surface area contributed by atoms with E-state index in [0.717, 1.165) is 35.3 Å². The highest BCUT2D eigenvalue weighted by atomic mass is 19.1. The predicted molar refractivity (Wildman–Crippen MR) is 121 cm³/mol. The highest BCUT2D eigenvalue weighted by molar-refractivity contribution is 5.88. The van der Waals surface area contributed by atoms with Gasteiger partial charge >= 0.3 is 5.97 Å². The standard InChI is InChI=1S/C26H26FNO4/c1-16-12-20(7-10-23(16)27)24(29)15-28-14-22-9-6-21-13-19(8-11-25(21)32-22)17-2-4-18(5-3-17)26(30)31/h2-5,7-8,10-13,22,24,28-29H,6,9,14-15H2,1H3,(H,30,31)/t22-,24-/m1/s1. The third kappa shape index (κ3) is 4.98. The van der Waals surface area contributed by atoms with E-state index in [0.29, 0.717) is 24.2 Å². The summed E-state index contributed by atoms with van der Waals surface area (Å²) in [7, 11) is 0. The Bertz CT molecular complexity index is 1110. The summed E-state index contributed by atoms with van der Waals surface area (Å²) in [5, 5.41) is 22.7. The number of fused-ring (bicyclic) bond motifs is 1. The Hall–Kier alpha value is -3.22. The molecule has 0 aromatic heterocycles. The maximum Gasteiger partial charge on any atom is 0.335 e. The van der Waals surface area contributed by atoms with Gasteiger partial charge in [0.25, 0.3) is 0 Å². The van der Waals surface area contributed by atoms with Crippen LogP contribution in [0.2, 0.25) is 0 Å². The van der Waals surface area contributed by atoms with Crippen LogP contribution < -0.4 is 10.1 Å². The van der Waals surface area contributed by atoms with Gasteiger partial charge in [-0.25, -0.2) is 9.18 Å². The molecule has 166 valence electrons. The first kappa shape index (κ1) is 22.0. The Labute approximate surface area is 186 Å². The maximum atomic E-state index is 13.4. The summed E-state index contributed by atoms with van der Waals surface area (Å²) >= 11 is 0. The Morgan fingerprint density at radius 1 is 1.12 bits per heavy atom. The first-order chi connectivity index (χ1) is 15.4. The largest absolute Gasteiger partial charge is 0.489 e. The van der Waals surface area contributed by atoms with Gasteiger partial charge in [-0.3, -0.25) is 0 Å². The smallest absolute Gasteiger partial charge is 0.335 e. The average Bonchev–Trinajstić information content (AvgIpc) is 2.80. The van der Waals surface area contributed by atoms with Crippen molar-refractivity contribution >= 4 is 5.97 Å². The molecule has 32 heavy (non-hydrogen) atoms. The monoisotopic (exact) mass is 435 g/mol. The highest BCUT2D eigenvalue weighted by Gasteiger charge is 2.20. The molecule has 3 aromatic rings. The lowest BCUT2D eigenvalue weighted by molar-refractivity contribution is 0.0697. The van der Waals surface area contributed by atoms with E-state index in [2.05, 4.69) is 11.4 Å². The second-order valence-corrected chi connectivity index (χ2v) is 8.17. The molecule has 6 heteroatoms. The number of ether oxygens (including phenoxy) is 1. The molecule has 5 nitrogen and oxygen atoms in total. The van der Waals surface area contributed by atoms with Crippen molar-refractivity contribution in [2.24, 2.45) is 0 Å². The van der Waals surface area contributed by atoms with Crippen molar-refractivity contribution in [3.8, 4) is 16.9 Å². The number of carboxylic acids is 1. The van der Waals surface area contributed by atoms with Crippen LogP contribution in [-0.4, -0.2) is 35.4 Å². The number of aliphatic hydroxyl groups excluding tert-OH is 1. The molecule has 0 amide bonds. The normalized spacial score (nSPS) is 16.2. The molecule has 3 aromatic carbocycles. The van der Waals surface area contributed by atoms with Crippen LogP contribution in [0, 0.1) is 12.7 Å². The second-order valence-electron chi connectivity index (χ2n) is 8.17. The van der Waals surface area contributed by atoms with Crippen molar-refractivity contribution in [1.29, 1.82) is 0 Å². The minimum Gasteiger partial charge on any atom is -0.489 e. The van der Waals surface area contributed by atoms with Crippen molar-refractivity contribution in [2.45, 2.75) is 32.0 Å². The lowest BCUT2D eigenvalue weighted by atomic mass is 9.96. The fourth-order valence-corrected chi connectivity index (χ4v) is 3.95. The topological polar surface area (TPSA) is 78.8 Å². The van der Waals surface area contributed by atoms with Crippen LogP contribution in [0.5, 0.6) is 5.75 Å². The number of benzene rings is 3. The molecule has 0 fully saturated rings. The number of rotatable bonds is 7. The van der Waals surface area contributed by atoms with Gasteiger partial charge in [0.05, 0.1) is 11.7 Å². The zero-order valence-corrected chi connectivity index (χ0v) is 17.8. The molecule has 0 saturated heterocycles. The first-order valence-electron chi connectivity index (χ1n) is 10.7. The Balaban J connectivity index is 1.32. The van der Waals surface area contributed by atoms with E-state index in [-0.39, 0.29) is 17.5 Å². The molecule has 0 radical (unpaired) electrons. The molecule has 0 unspecified atom stereocenters. The fourth-order valence-electron chi connectivity index (χ4n) is 3.95. The van der Waals surface area contributed by atoms with Crippen LogP contribution >= 0.6 is 0 Å². The van der Waals surface area contributed by atoms with E-state index < -0.39 is 12.1 Å². The van der Waals surface area contributed by atoms with Crippen LogP contribution in [0.1, 0.15) is 39.6 Å².